The van der Waals surface area contributed by atoms with Crippen LogP contribution in [0.15, 0.2) is 94.3 Å². The number of hydrogen-bond acceptors (Lipinski definition) is 2. The Kier molecular flexibility index (Phi) is 4.62. The molecule has 0 atom stereocenters. The smallest absolute Gasteiger partial charge is 0.175 e. The first-order valence-corrected chi connectivity index (χ1v) is 11.2. The topological polar surface area (TPSA) is 34.1 Å². The van der Waals surface area contributed by atoms with Crippen molar-refractivity contribution >= 4 is 25.8 Å². The lowest BCUT2D eigenvalue weighted by Crippen LogP contribution is -1.96. The van der Waals surface area contributed by atoms with E-state index in [0.29, 0.717) is 4.90 Å². The average molecular weight is 437 g/mol. The quantitative estimate of drug-likeness (QED) is 0.377. The summed E-state index contributed by atoms with van der Waals surface area (Å²) in [6.07, 6.45) is 1.23. The summed E-state index contributed by atoms with van der Waals surface area (Å²) in [4.78, 5) is 0.325. The minimum absolute atomic E-state index is 0.325. The van der Waals surface area contributed by atoms with Crippen LogP contribution in [0.4, 0.5) is 0 Å². The van der Waals surface area contributed by atoms with E-state index >= 15 is 0 Å². The Morgan fingerprint density at radius 1 is 0.630 bits per heavy atom. The van der Waals surface area contributed by atoms with E-state index < -0.39 is 9.84 Å². The third kappa shape index (κ3) is 3.31. The van der Waals surface area contributed by atoms with Crippen molar-refractivity contribution < 1.29 is 8.42 Å². The lowest BCUT2D eigenvalue weighted by molar-refractivity contribution is 0.602. The molecule has 134 valence electrons. The molecule has 0 spiro atoms. The highest BCUT2D eigenvalue weighted by molar-refractivity contribution is 9.10. The molecular weight excluding hydrogens is 420 g/mol. The molecule has 0 bridgehead atoms. The van der Waals surface area contributed by atoms with Gasteiger partial charge >= 0.3 is 0 Å². The van der Waals surface area contributed by atoms with Gasteiger partial charge in [-0.15, -0.1) is 0 Å². The molecule has 2 aromatic rings. The van der Waals surface area contributed by atoms with Crippen molar-refractivity contribution in [2.75, 3.05) is 6.26 Å². The normalized spacial score (nSPS) is 11.6. The largest absolute Gasteiger partial charge is 0.224 e. The first-order valence-electron chi connectivity index (χ1n) is 8.53. The van der Waals surface area contributed by atoms with Crippen molar-refractivity contribution in [3.05, 3.63) is 89.4 Å². The first-order chi connectivity index (χ1) is 13.0. The molecule has 0 aromatic heterocycles. The first kappa shape index (κ1) is 18.0. The van der Waals surface area contributed by atoms with Crippen LogP contribution in [0.3, 0.4) is 0 Å². The van der Waals surface area contributed by atoms with E-state index in [-0.39, 0.29) is 0 Å². The molecule has 0 radical (unpaired) electrons. The molecule has 0 heterocycles. The number of benzene rings is 2. The Hall–Kier alpha value is -2.43. The number of rotatable bonds is 3. The van der Waals surface area contributed by atoms with Crippen LogP contribution in [0.5, 0.6) is 0 Å². The Labute approximate surface area is 167 Å². The summed E-state index contributed by atoms with van der Waals surface area (Å²) < 4.78 is 24.6. The van der Waals surface area contributed by atoms with E-state index in [1.165, 1.54) is 6.26 Å². The van der Waals surface area contributed by atoms with Gasteiger partial charge in [-0.05, 0) is 55.9 Å². The van der Waals surface area contributed by atoms with E-state index in [0.717, 1.165) is 37.9 Å². The van der Waals surface area contributed by atoms with Gasteiger partial charge in [-0.2, -0.15) is 0 Å². The maximum absolute atomic E-state index is 11.8. The van der Waals surface area contributed by atoms with Gasteiger partial charge in [-0.3, -0.25) is 0 Å². The standard InChI is InChI=1S/C23H17BrO2S/c1-27(25,26)18-14-12-17(13-15-18)22-21(16-8-4-2-5-9-16)19-10-6-3-7-11-20(19)23(22)24/h2-15H,1H3. The second-order valence-corrected chi connectivity index (χ2v) is 9.27. The predicted molar refractivity (Wildman–Crippen MR) is 115 cm³/mol. The molecule has 0 amide bonds. The molecule has 0 saturated carbocycles. The Bertz CT molecular complexity index is 1180. The van der Waals surface area contributed by atoms with E-state index in [4.69, 9.17) is 0 Å². The molecule has 2 aromatic carbocycles. The molecule has 0 saturated heterocycles. The van der Waals surface area contributed by atoms with Crippen molar-refractivity contribution in [3.8, 4) is 33.4 Å². The van der Waals surface area contributed by atoms with Crippen LogP contribution in [0.2, 0.25) is 0 Å². The Morgan fingerprint density at radius 2 is 1.15 bits per heavy atom. The number of halogens is 1. The van der Waals surface area contributed by atoms with Crippen LogP contribution < -0.4 is 0 Å². The minimum atomic E-state index is -3.22. The van der Waals surface area contributed by atoms with E-state index in [1.54, 1.807) is 12.1 Å². The molecule has 0 unspecified atom stereocenters. The maximum atomic E-state index is 11.8. The van der Waals surface area contributed by atoms with Crippen molar-refractivity contribution in [2.45, 2.75) is 4.90 Å². The van der Waals surface area contributed by atoms with Gasteiger partial charge in [-0.25, -0.2) is 8.42 Å². The van der Waals surface area contributed by atoms with Gasteiger partial charge in [0.15, 0.2) is 9.84 Å². The molecular formula is C23H17BrO2S. The molecule has 0 fully saturated rings. The second kappa shape index (κ2) is 6.95. The van der Waals surface area contributed by atoms with Crippen molar-refractivity contribution in [2.24, 2.45) is 0 Å². The monoisotopic (exact) mass is 436 g/mol. The van der Waals surface area contributed by atoms with Crippen LogP contribution in [-0.4, -0.2) is 14.7 Å². The average Bonchev–Trinajstić information content (AvgIpc) is 2.81. The van der Waals surface area contributed by atoms with Crippen LogP contribution in [0, 0.1) is 0 Å². The fourth-order valence-corrected chi connectivity index (χ4v) is 4.78. The zero-order valence-electron chi connectivity index (χ0n) is 14.7. The second-order valence-electron chi connectivity index (χ2n) is 6.46. The molecule has 27 heavy (non-hydrogen) atoms. The summed E-state index contributed by atoms with van der Waals surface area (Å²) in [7, 11) is -3.22. The van der Waals surface area contributed by atoms with Gasteiger partial charge < -0.3 is 0 Å². The molecule has 0 N–H and O–H groups in total. The summed E-state index contributed by atoms with van der Waals surface area (Å²) in [5, 5.41) is 0. The van der Waals surface area contributed by atoms with Crippen molar-refractivity contribution in [3.63, 3.8) is 0 Å². The predicted octanol–water partition coefficient (Wildman–Crippen LogP) is 6.29. The summed E-state index contributed by atoms with van der Waals surface area (Å²) in [6, 6.07) is 27.7. The highest BCUT2D eigenvalue weighted by Crippen LogP contribution is 2.50. The fraction of sp³-hybridized carbons (Fsp3) is 0.0435. The van der Waals surface area contributed by atoms with E-state index in [9.17, 15) is 8.42 Å². The Balaban J connectivity index is 2.03. The zero-order valence-corrected chi connectivity index (χ0v) is 17.1. The molecule has 4 heteroatoms. The summed E-state index contributed by atoms with van der Waals surface area (Å²) in [5.41, 5.74) is 6.60. The third-order valence-corrected chi connectivity index (χ3v) is 6.60. The lowest BCUT2D eigenvalue weighted by Gasteiger charge is -2.08. The highest BCUT2D eigenvalue weighted by Gasteiger charge is 2.23. The van der Waals surface area contributed by atoms with Gasteiger partial charge in [0.05, 0.1) is 4.90 Å². The van der Waals surface area contributed by atoms with Crippen LogP contribution in [-0.2, 0) is 9.84 Å². The van der Waals surface area contributed by atoms with Gasteiger partial charge in [0.25, 0.3) is 0 Å². The lowest BCUT2D eigenvalue weighted by atomic mass is 9.96. The summed E-state index contributed by atoms with van der Waals surface area (Å²) >= 11 is 3.80. The van der Waals surface area contributed by atoms with Crippen LogP contribution in [0.25, 0.3) is 33.4 Å². The maximum Gasteiger partial charge on any atom is 0.175 e. The van der Waals surface area contributed by atoms with Gasteiger partial charge in [0, 0.05) is 16.3 Å². The van der Waals surface area contributed by atoms with E-state index in [2.05, 4.69) is 40.2 Å². The summed E-state index contributed by atoms with van der Waals surface area (Å²) in [5.74, 6) is 0. The number of sulfone groups is 1. The SMILES string of the molecule is CS(=O)(=O)c1ccc(-c2c(Br)c3cccccc-3c2-c2ccccc2)cc1. The van der Waals surface area contributed by atoms with Crippen molar-refractivity contribution in [1.82, 2.24) is 0 Å². The number of fused-ring (bicyclic) bond motifs is 1. The molecule has 2 nitrogen and oxygen atoms in total. The molecule has 4 rings (SSSR count). The van der Waals surface area contributed by atoms with Gasteiger partial charge in [0.1, 0.15) is 0 Å². The molecule has 0 aliphatic heterocycles. The zero-order chi connectivity index (χ0) is 19.0. The van der Waals surface area contributed by atoms with E-state index in [1.807, 2.05) is 48.5 Å². The van der Waals surface area contributed by atoms with Gasteiger partial charge in [-0.1, -0.05) is 72.8 Å². The highest BCUT2D eigenvalue weighted by atomic mass is 79.9. The Morgan fingerprint density at radius 3 is 1.74 bits per heavy atom. The third-order valence-electron chi connectivity index (χ3n) is 4.65. The fourth-order valence-electron chi connectivity index (χ4n) is 3.38. The van der Waals surface area contributed by atoms with Crippen LogP contribution >= 0.6 is 15.9 Å². The number of hydrogen-bond donors (Lipinski definition) is 0. The van der Waals surface area contributed by atoms with Crippen LogP contribution in [0.1, 0.15) is 0 Å². The summed E-state index contributed by atoms with van der Waals surface area (Å²) in [6.45, 7) is 0. The van der Waals surface area contributed by atoms with Gasteiger partial charge in [0.2, 0.25) is 0 Å². The molecule has 2 aliphatic rings. The molecule has 2 aliphatic carbocycles. The minimum Gasteiger partial charge on any atom is -0.224 e. The van der Waals surface area contributed by atoms with Crippen molar-refractivity contribution in [1.29, 1.82) is 0 Å².